The molecular weight excluding hydrogens is 283 g/mol. The number of rotatable bonds is 8. The number of nitrogens with zero attached hydrogens (tertiary/aromatic N) is 1. The summed E-state index contributed by atoms with van der Waals surface area (Å²) in [7, 11) is 0. The van der Waals surface area contributed by atoms with E-state index in [2.05, 4.69) is 0 Å². The fourth-order valence-electron chi connectivity index (χ4n) is 2.47. The van der Waals surface area contributed by atoms with Gasteiger partial charge in [-0.1, -0.05) is 26.7 Å². The molecule has 6 heteroatoms. The Hall–Kier alpha value is -1.33. The molecule has 0 aromatic heterocycles. The molecule has 0 spiro atoms. The van der Waals surface area contributed by atoms with Crippen molar-refractivity contribution in [2.24, 2.45) is 11.8 Å². The van der Waals surface area contributed by atoms with Gasteiger partial charge in [0.1, 0.15) is 0 Å². The topological polar surface area (TPSA) is 37.4 Å². The Bertz CT molecular complexity index is 384. The number of imide groups is 1. The Balaban J connectivity index is 2.25. The van der Waals surface area contributed by atoms with E-state index < -0.39 is 12.1 Å². The fraction of sp³-hybridized carbons (Fsp3) is 0.733. The largest absolute Gasteiger partial charge is 0.391 e. The summed E-state index contributed by atoms with van der Waals surface area (Å²) in [5.74, 6) is -1.92. The molecule has 1 heterocycles. The smallest absolute Gasteiger partial charge is 0.275 e. The number of amides is 2. The SMILES string of the molecule is CC(C)CC(CCCCCN1C(=O)C=CC1=O)C(F)(F)F. The Kier molecular flexibility index (Phi) is 6.42. The van der Waals surface area contributed by atoms with Gasteiger partial charge < -0.3 is 0 Å². The predicted molar refractivity (Wildman–Crippen MR) is 73.3 cm³/mol. The number of halogens is 3. The lowest BCUT2D eigenvalue weighted by Crippen LogP contribution is -2.30. The summed E-state index contributed by atoms with van der Waals surface area (Å²) in [6, 6.07) is 0. The lowest BCUT2D eigenvalue weighted by atomic mass is 9.91. The van der Waals surface area contributed by atoms with Crippen LogP contribution < -0.4 is 0 Å². The normalized spacial score (nSPS) is 17.1. The zero-order valence-electron chi connectivity index (χ0n) is 12.4. The van der Waals surface area contributed by atoms with Crippen LogP contribution >= 0.6 is 0 Å². The number of hydrogen-bond acceptors (Lipinski definition) is 2. The molecule has 0 N–H and O–H groups in total. The predicted octanol–water partition coefficient (Wildman–Crippen LogP) is 3.70. The zero-order chi connectivity index (χ0) is 16.0. The van der Waals surface area contributed by atoms with Gasteiger partial charge in [-0.2, -0.15) is 13.2 Å². The Morgan fingerprint density at radius 3 is 2.10 bits per heavy atom. The van der Waals surface area contributed by atoms with Gasteiger partial charge in [-0.3, -0.25) is 14.5 Å². The molecule has 1 atom stereocenters. The molecule has 1 aliphatic heterocycles. The zero-order valence-corrected chi connectivity index (χ0v) is 12.4. The molecule has 120 valence electrons. The lowest BCUT2D eigenvalue weighted by Gasteiger charge is -2.22. The van der Waals surface area contributed by atoms with Gasteiger partial charge in [-0.15, -0.1) is 0 Å². The second-order valence-corrected chi connectivity index (χ2v) is 5.88. The molecule has 0 bridgehead atoms. The summed E-state index contributed by atoms with van der Waals surface area (Å²) >= 11 is 0. The van der Waals surface area contributed by atoms with Crippen LogP contribution in [0.5, 0.6) is 0 Å². The minimum atomic E-state index is -4.14. The Morgan fingerprint density at radius 1 is 1.05 bits per heavy atom. The van der Waals surface area contributed by atoms with Gasteiger partial charge in [-0.05, 0) is 25.2 Å². The highest BCUT2D eigenvalue weighted by atomic mass is 19.4. The average molecular weight is 305 g/mol. The molecule has 1 rings (SSSR count). The molecule has 0 radical (unpaired) electrons. The molecule has 0 saturated carbocycles. The summed E-state index contributed by atoms with van der Waals surface area (Å²) < 4.78 is 38.5. The van der Waals surface area contributed by atoms with Crippen molar-refractivity contribution in [3.8, 4) is 0 Å². The monoisotopic (exact) mass is 305 g/mol. The Morgan fingerprint density at radius 2 is 1.62 bits per heavy atom. The molecule has 0 aromatic rings. The highest BCUT2D eigenvalue weighted by molar-refractivity contribution is 6.12. The number of hydrogen-bond donors (Lipinski definition) is 0. The van der Waals surface area contributed by atoms with E-state index in [0.29, 0.717) is 19.3 Å². The number of alkyl halides is 3. The Labute approximate surface area is 123 Å². The maximum Gasteiger partial charge on any atom is 0.391 e. The second-order valence-electron chi connectivity index (χ2n) is 5.88. The molecular formula is C15H22F3NO2. The van der Waals surface area contributed by atoms with Crippen LogP contribution in [-0.2, 0) is 9.59 Å². The fourth-order valence-corrected chi connectivity index (χ4v) is 2.47. The van der Waals surface area contributed by atoms with Gasteiger partial charge in [0.2, 0.25) is 0 Å². The van der Waals surface area contributed by atoms with Gasteiger partial charge in [0.15, 0.2) is 0 Å². The van der Waals surface area contributed by atoms with Crippen LogP contribution in [0, 0.1) is 11.8 Å². The van der Waals surface area contributed by atoms with Crippen molar-refractivity contribution < 1.29 is 22.8 Å². The number of carbonyl (C=O) groups excluding carboxylic acids is 2. The van der Waals surface area contributed by atoms with Crippen molar-refractivity contribution in [2.45, 2.75) is 52.1 Å². The minimum Gasteiger partial charge on any atom is -0.275 e. The van der Waals surface area contributed by atoms with Crippen LogP contribution in [0.2, 0.25) is 0 Å². The summed E-state index contributed by atoms with van der Waals surface area (Å²) in [5, 5.41) is 0. The van der Waals surface area contributed by atoms with E-state index in [1.54, 1.807) is 13.8 Å². The van der Waals surface area contributed by atoms with E-state index in [1.165, 1.54) is 12.2 Å². The van der Waals surface area contributed by atoms with Crippen LogP contribution in [0.3, 0.4) is 0 Å². The van der Waals surface area contributed by atoms with Crippen LogP contribution in [0.4, 0.5) is 13.2 Å². The van der Waals surface area contributed by atoms with Crippen LogP contribution in [0.15, 0.2) is 12.2 Å². The molecule has 21 heavy (non-hydrogen) atoms. The maximum absolute atomic E-state index is 12.8. The summed E-state index contributed by atoms with van der Waals surface area (Å²) in [6.45, 7) is 3.86. The van der Waals surface area contributed by atoms with Crippen molar-refractivity contribution >= 4 is 11.8 Å². The first-order valence-corrected chi connectivity index (χ1v) is 7.32. The maximum atomic E-state index is 12.8. The standard InChI is InChI=1S/C15H22F3NO2/c1-11(2)10-12(15(16,17)18)6-4-3-5-9-19-13(20)7-8-14(19)21/h7-8,11-12H,3-6,9-10H2,1-2H3. The molecule has 0 fully saturated rings. The molecule has 0 aliphatic carbocycles. The van der Waals surface area contributed by atoms with Gasteiger partial charge in [0.05, 0.1) is 5.92 Å². The summed E-state index contributed by atoms with van der Waals surface area (Å²) in [5.41, 5.74) is 0. The third-order valence-corrected chi connectivity index (χ3v) is 3.55. The number of unbranched alkanes of at least 4 members (excludes halogenated alkanes) is 2. The van der Waals surface area contributed by atoms with E-state index in [1.807, 2.05) is 0 Å². The summed E-state index contributed by atoms with van der Waals surface area (Å²) in [6.07, 6.45) is 0.135. The van der Waals surface area contributed by atoms with Gasteiger partial charge in [0.25, 0.3) is 11.8 Å². The van der Waals surface area contributed by atoms with Crippen molar-refractivity contribution in [1.82, 2.24) is 4.90 Å². The first-order valence-electron chi connectivity index (χ1n) is 7.32. The third-order valence-electron chi connectivity index (χ3n) is 3.55. The third kappa shape index (κ3) is 5.89. The first kappa shape index (κ1) is 17.7. The molecule has 2 amide bonds. The minimum absolute atomic E-state index is 0.0162. The van der Waals surface area contributed by atoms with E-state index in [-0.39, 0.29) is 37.1 Å². The first-order chi connectivity index (χ1) is 9.71. The molecule has 0 saturated heterocycles. The van der Waals surface area contributed by atoms with Crippen molar-refractivity contribution in [2.75, 3.05) is 6.54 Å². The van der Waals surface area contributed by atoms with E-state index in [0.717, 1.165) is 4.90 Å². The van der Waals surface area contributed by atoms with Crippen LogP contribution in [0.25, 0.3) is 0 Å². The van der Waals surface area contributed by atoms with Crippen molar-refractivity contribution in [3.05, 3.63) is 12.2 Å². The van der Waals surface area contributed by atoms with Crippen LogP contribution in [0.1, 0.15) is 46.0 Å². The molecule has 0 aromatic carbocycles. The summed E-state index contributed by atoms with van der Waals surface area (Å²) in [4.78, 5) is 23.7. The molecule has 3 nitrogen and oxygen atoms in total. The van der Waals surface area contributed by atoms with Crippen molar-refractivity contribution in [1.29, 1.82) is 0 Å². The lowest BCUT2D eigenvalue weighted by molar-refractivity contribution is -0.180. The average Bonchev–Trinajstić information content (AvgIpc) is 2.66. The van der Waals surface area contributed by atoms with Gasteiger partial charge in [-0.25, -0.2) is 0 Å². The van der Waals surface area contributed by atoms with E-state index >= 15 is 0 Å². The second kappa shape index (κ2) is 7.61. The van der Waals surface area contributed by atoms with E-state index in [4.69, 9.17) is 0 Å². The van der Waals surface area contributed by atoms with E-state index in [9.17, 15) is 22.8 Å². The molecule has 1 aliphatic rings. The number of carbonyl (C=O) groups is 2. The van der Waals surface area contributed by atoms with Crippen LogP contribution in [-0.4, -0.2) is 29.4 Å². The highest BCUT2D eigenvalue weighted by Gasteiger charge is 2.38. The van der Waals surface area contributed by atoms with Crippen molar-refractivity contribution in [3.63, 3.8) is 0 Å². The quantitative estimate of drug-likeness (QED) is 0.506. The highest BCUT2D eigenvalue weighted by Crippen LogP contribution is 2.35. The van der Waals surface area contributed by atoms with Gasteiger partial charge >= 0.3 is 6.18 Å². The molecule has 1 unspecified atom stereocenters. The van der Waals surface area contributed by atoms with Gasteiger partial charge in [0, 0.05) is 18.7 Å².